The number of benzene rings is 1. The lowest BCUT2D eigenvalue weighted by Crippen LogP contribution is -2.22. The fraction of sp³-hybridized carbons (Fsp3) is 0.368. The van der Waals surface area contributed by atoms with Crippen LogP contribution in [0.5, 0.6) is 6.01 Å². The fourth-order valence-corrected chi connectivity index (χ4v) is 3.12. The summed E-state index contributed by atoms with van der Waals surface area (Å²) in [5.74, 6) is 0.0881. The molecule has 1 heterocycles. The third kappa shape index (κ3) is 3.83. The van der Waals surface area contributed by atoms with Crippen LogP contribution in [0.25, 0.3) is 11.6 Å². The third-order valence-corrected chi connectivity index (χ3v) is 4.09. The van der Waals surface area contributed by atoms with Crippen LogP contribution in [0.4, 0.5) is 13.2 Å². The topological polar surface area (TPSA) is 35.0 Å². The number of fused-ring (bicyclic) bond motifs is 1. The van der Waals surface area contributed by atoms with E-state index in [-0.39, 0.29) is 24.1 Å². The Bertz CT molecular complexity index is 785. The summed E-state index contributed by atoms with van der Waals surface area (Å²) in [6, 6.07) is 9.31. The molecule has 1 aromatic heterocycles. The third-order valence-electron chi connectivity index (χ3n) is 4.09. The summed E-state index contributed by atoms with van der Waals surface area (Å²) in [6.07, 6.45) is -1.66. The van der Waals surface area contributed by atoms with Gasteiger partial charge in [-0.15, -0.1) is 0 Å². The predicted molar refractivity (Wildman–Crippen MR) is 90.0 cm³/mol. The number of halogens is 3. The van der Waals surface area contributed by atoms with Gasteiger partial charge in [0.1, 0.15) is 0 Å². The monoisotopic (exact) mass is 348 g/mol. The van der Waals surface area contributed by atoms with Crippen molar-refractivity contribution in [3.63, 3.8) is 0 Å². The first-order valence-corrected chi connectivity index (χ1v) is 8.25. The van der Waals surface area contributed by atoms with Crippen LogP contribution in [0.2, 0.25) is 0 Å². The molecule has 0 saturated heterocycles. The van der Waals surface area contributed by atoms with E-state index in [1.807, 2.05) is 43.3 Å². The summed E-state index contributed by atoms with van der Waals surface area (Å²) in [5, 5.41) is 0. The number of alkyl halides is 3. The van der Waals surface area contributed by atoms with E-state index in [4.69, 9.17) is 4.74 Å². The molecule has 1 unspecified atom stereocenters. The Balaban J connectivity index is 2.19. The quantitative estimate of drug-likeness (QED) is 0.781. The van der Waals surface area contributed by atoms with Gasteiger partial charge in [-0.1, -0.05) is 37.3 Å². The van der Waals surface area contributed by atoms with Gasteiger partial charge in [0.2, 0.25) is 0 Å². The van der Waals surface area contributed by atoms with Crippen LogP contribution in [0, 0.1) is 5.92 Å². The summed E-state index contributed by atoms with van der Waals surface area (Å²) in [5.41, 5.74) is 1.35. The molecular weight excluding hydrogens is 329 g/mol. The molecule has 1 atom stereocenters. The van der Waals surface area contributed by atoms with E-state index in [1.54, 1.807) is 6.92 Å². The maximum Gasteiger partial charge on any atom is 0.433 e. The van der Waals surface area contributed by atoms with E-state index in [9.17, 15) is 13.2 Å². The first-order valence-electron chi connectivity index (χ1n) is 8.25. The van der Waals surface area contributed by atoms with E-state index in [0.29, 0.717) is 18.5 Å². The van der Waals surface area contributed by atoms with Crippen molar-refractivity contribution >= 4 is 11.6 Å². The van der Waals surface area contributed by atoms with Crippen molar-refractivity contribution < 1.29 is 17.9 Å². The number of hydrogen-bond acceptors (Lipinski definition) is 3. The molecular formula is C19H19F3N2O. The minimum atomic E-state index is -4.53. The Morgan fingerprint density at radius 2 is 1.88 bits per heavy atom. The Morgan fingerprint density at radius 3 is 2.52 bits per heavy atom. The van der Waals surface area contributed by atoms with Gasteiger partial charge in [0.25, 0.3) is 0 Å². The number of rotatable bonds is 3. The molecule has 0 saturated carbocycles. The van der Waals surface area contributed by atoms with Crippen LogP contribution in [0.15, 0.2) is 30.3 Å². The fourth-order valence-electron chi connectivity index (χ4n) is 3.12. The molecule has 0 fully saturated rings. The zero-order valence-electron chi connectivity index (χ0n) is 14.1. The highest BCUT2D eigenvalue weighted by molar-refractivity contribution is 5.82. The normalized spacial score (nSPS) is 18.9. The molecule has 3 rings (SSSR count). The molecule has 0 radical (unpaired) electrons. The van der Waals surface area contributed by atoms with Crippen molar-refractivity contribution in [3.05, 3.63) is 52.8 Å². The lowest BCUT2D eigenvalue weighted by Gasteiger charge is -2.26. The first-order chi connectivity index (χ1) is 11.9. The molecule has 0 N–H and O–H groups in total. The van der Waals surface area contributed by atoms with Gasteiger partial charge in [-0.3, -0.25) is 0 Å². The lowest BCUT2D eigenvalue weighted by molar-refractivity contribution is -0.142. The van der Waals surface area contributed by atoms with Crippen molar-refractivity contribution in [1.82, 2.24) is 9.97 Å². The Hall–Kier alpha value is -2.37. The van der Waals surface area contributed by atoms with Gasteiger partial charge >= 0.3 is 12.2 Å². The smallest absolute Gasteiger partial charge is 0.433 e. The van der Waals surface area contributed by atoms with Gasteiger partial charge in [0.05, 0.1) is 12.3 Å². The standard InChI is InChI=1S/C19H19F3N2O/c1-3-25-18-23-16-14(11-13-7-5-4-6-8-13)9-12(2)10-15(16)17(24-18)19(20,21)22/h4-8,11-12H,3,9-10H2,1-2H3. The maximum absolute atomic E-state index is 13.5. The molecule has 0 bridgehead atoms. The lowest BCUT2D eigenvalue weighted by atomic mass is 9.82. The molecule has 1 aliphatic carbocycles. The van der Waals surface area contributed by atoms with Crippen molar-refractivity contribution in [2.45, 2.75) is 32.9 Å². The van der Waals surface area contributed by atoms with Gasteiger partial charge in [-0.25, -0.2) is 0 Å². The molecule has 1 aromatic carbocycles. The average molecular weight is 348 g/mol. The number of hydrogen-bond donors (Lipinski definition) is 0. The molecule has 0 amide bonds. The van der Waals surface area contributed by atoms with Crippen LogP contribution >= 0.6 is 0 Å². The van der Waals surface area contributed by atoms with Crippen LogP contribution in [-0.4, -0.2) is 16.6 Å². The number of aromatic nitrogens is 2. The van der Waals surface area contributed by atoms with Crippen molar-refractivity contribution in [1.29, 1.82) is 0 Å². The Labute approximate surface area is 144 Å². The van der Waals surface area contributed by atoms with Crippen molar-refractivity contribution in [2.24, 2.45) is 5.92 Å². The average Bonchev–Trinajstić information content (AvgIpc) is 2.55. The molecule has 3 nitrogen and oxygen atoms in total. The second-order valence-electron chi connectivity index (χ2n) is 6.21. The molecule has 1 aliphatic rings. The zero-order valence-corrected chi connectivity index (χ0v) is 14.1. The molecule has 25 heavy (non-hydrogen) atoms. The number of nitrogens with zero attached hydrogens (tertiary/aromatic N) is 2. The van der Waals surface area contributed by atoms with Gasteiger partial charge in [0, 0.05) is 5.56 Å². The first kappa shape index (κ1) is 17.5. The highest BCUT2D eigenvalue weighted by Gasteiger charge is 2.39. The van der Waals surface area contributed by atoms with Gasteiger partial charge in [-0.05, 0) is 42.9 Å². The van der Waals surface area contributed by atoms with Crippen LogP contribution in [0.1, 0.15) is 42.8 Å². The van der Waals surface area contributed by atoms with E-state index in [2.05, 4.69) is 9.97 Å². The van der Waals surface area contributed by atoms with Crippen molar-refractivity contribution in [3.8, 4) is 6.01 Å². The van der Waals surface area contributed by atoms with Crippen molar-refractivity contribution in [2.75, 3.05) is 6.61 Å². The zero-order chi connectivity index (χ0) is 18.0. The number of allylic oxidation sites excluding steroid dienone is 1. The molecule has 6 heteroatoms. The van der Waals surface area contributed by atoms with Gasteiger partial charge < -0.3 is 4.74 Å². The highest BCUT2D eigenvalue weighted by atomic mass is 19.4. The molecule has 2 aromatic rings. The van der Waals surface area contributed by atoms with Gasteiger partial charge in [-0.2, -0.15) is 23.1 Å². The predicted octanol–water partition coefficient (Wildman–Crippen LogP) is 5.02. The molecule has 0 spiro atoms. The molecule has 132 valence electrons. The summed E-state index contributed by atoms with van der Waals surface area (Å²) in [6.45, 7) is 3.85. The second-order valence-corrected chi connectivity index (χ2v) is 6.21. The van der Waals surface area contributed by atoms with E-state index in [1.165, 1.54) is 0 Å². The minimum absolute atomic E-state index is 0.0881. The van der Waals surface area contributed by atoms with E-state index in [0.717, 1.165) is 11.1 Å². The summed E-state index contributed by atoms with van der Waals surface area (Å²) < 4.78 is 45.7. The van der Waals surface area contributed by atoms with Crippen LogP contribution in [0.3, 0.4) is 0 Å². The summed E-state index contributed by atoms with van der Waals surface area (Å²) in [4.78, 5) is 7.93. The maximum atomic E-state index is 13.5. The highest BCUT2D eigenvalue weighted by Crippen LogP contribution is 2.41. The van der Waals surface area contributed by atoms with Crippen LogP contribution < -0.4 is 4.74 Å². The Morgan fingerprint density at radius 1 is 1.16 bits per heavy atom. The SMILES string of the molecule is CCOc1nc2c(c(C(F)(F)F)n1)CC(C)CC2=Cc1ccccc1. The minimum Gasteiger partial charge on any atom is -0.464 e. The largest absolute Gasteiger partial charge is 0.464 e. The second kappa shape index (κ2) is 6.86. The summed E-state index contributed by atoms with van der Waals surface area (Å²) >= 11 is 0. The van der Waals surface area contributed by atoms with E-state index < -0.39 is 11.9 Å². The number of ether oxygens (including phenoxy) is 1. The van der Waals surface area contributed by atoms with Crippen LogP contribution in [-0.2, 0) is 12.6 Å². The molecule has 0 aliphatic heterocycles. The Kier molecular flexibility index (Phi) is 4.79. The van der Waals surface area contributed by atoms with E-state index >= 15 is 0 Å². The summed E-state index contributed by atoms with van der Waals surface area (Å²) in [7, 11) is 0. The van der Waals surface area contributed by atoms with Gasteiger partial charge in [0.15, 0.2) is 5.69 Å².